The molecule has 2 aromatic rings. The number of nitrogens with zero attached hydrogens (tertiary/aromatic N) is 5. The van der Waals surface area contributed by atoms with E-state index in [0.29, 0.717) is 50.5 Å². The summed E-state index contributed by atoms with van der Waals surface area (Å²) in [6.45, 7) is 3.08. The number of carboxylic acid groups (broad SMARTS) is 1. The molecular formula is C22H26FN5O4. The number of hydrogen-bond donors (Lipinski definition) is 1. The number of aliphatic carboxylic acids is 1. The molecule has 1 aromatic heterocycles. The van der Waals surface area contributed by atoms with Crippen LogP contribution in [0.15, 0.2) is 36.7 Å². The van der Waals surface area contributed by atoms with E-state index in [4.69, 9.17) is 4.74 Å². The Bertz CT molecular complexity index is 984. The van der Waals surface area contributed by atoms with Gasteiger partial charge in [-0.05, 0) is 24.3 Å². The van der Waals surface area contributed by atoms with Crippen molar-refractivity contribution in [1.29, 1.82) is 0 Å². The summed E-state index contributed by atoms with van der Waals surface area (Å²) >= 11 is 0. The topological polar surface area (TPSA) is 99.1 Å². The Labute approximate surface area is 185 Å². The number of carbonyl (C=O) groups is 2. The maximum absolute atomic E-state index is 14.6. The number of carbonyl (C=O) groups excluding carboxylic acids is 1. The Hall–Kier alpha value is -3.11. The molecule has 1 aromatic carbocycles. The van der Waals surface area contributed by atoms with E-state index in [-0.39, 0.29) is 24.8 Å². The van der Waals surface area contributed by atoms with Gasteiger partial charge in [-0.15, -0.1) is 0 Å². The number of carboxylic acids is 1. The number of halogens is 1. The fourth-order valence-electron chi connectivity index (χ4n) is 4.25. The fraction of sp³-hybridized carbons (Fsp3) is 0.455. The second-order valence-corrected chi connectivity index (χ2v) is 8.07. The van der Waals surface area contributed by atoms with Gasteiger partial charge in [-0.25, -0.2) is 19.2 Å². The zero-order valence-electron chi connectivity index (χ0n) is 17.9. The zero-order chi connectivity index (χ0) is 22.7. The molecule has 4 rings (SSSR count). The molecule has 2 fully saturated rings. The third kappa shape index (κ3) is 4.42. The number of aromatic nitrogens is 2. The Morgan fingerprint density at radius 1 is 1.16 bits per heavy atom. The highest BCUT2D eigenvalue weighted by atomic mass is 19.1. The van der Waals surface area contributed by atoms with Crippen molar-refractivity contribution in [2.45, 2.75) is 12.0 Å². The van der Waals surface area contributed by atoms with E-state index in [1.54, 1.807) is 29.4 Å². The summed E-state index contributed by atoms with van der Waals surface area (Å²) in [7, 11) is 1.39. The summed E-state index contributed by atoms with van der Waals surface area (Å²) < 4.78 is 19.9. The van der Waals surface area contributed by atoms with E-state index in [9.17, 15) is 19.1 Å². The SMILES string of the molecule is COC1(C(=O)O)CCN(CC(=O)N2CCN(c3ccc(-c4ncccn4)c(F)c3)CC2)C1. The summed E-state index contributed by atoms with van der Waals surface area (Å²) in [6, 6.07) is 6.67. The van der Waals surface area contributed by atoms with Crippen LogP contribution in [0.3, 0.4) is 0 Å². The number of piperazine rings is 1. The molecule has 2 saturated heterocycles. The van der Waals surface area contributed by atoms with Gasteiger partial charge in [0.15, 0.2) is 11.4 Å². The van der Waals surface area contributed by atoms with E-state index in [0.717, 1.165) is 5.69 Å². The Balaban J connectivity index is 1.32. The zero-order valence-corrected chi connectivity index (χ0v) is 17.9. The lowest BCUT2D eigenvalue weighted by Crippen LogP contribution is -2.51. The van der Waals surface area contributed by atoms with E-state index in [1.165, 1.54) is 13.2 Å². The third-order valence-electron chi connectivity index (χ3n) is 6.21. The second-order valence-electron chi connectivity index (χ2n) is 8.07. The number of rotatable bonds is 6. The van der Waals surface area contributed by atoms with Gasteiger partial charge in [0.25, 0.3) is 0 Å². The van der Waals surface area contributed by atoms with Gasteiger partial charge in [-0.2, -0.15) is 0 Å². The van der Waals surface area contributed by atoms with Crippen molar-refractivity contribution in [1.82, 2.24) is 19.8 Å². The molecule has 0 spiro atoms. The minimum absolute atomic E-state index is 0.0373. The number of methoxy groups -OCH3 is 1. The number of ether oxygens (including phenoxy) is 1. The monoisotopic (exact) mass is 443 g/mol. The van der Waals surface area contributed by atoms with Crippen LogP contribution in [0.5, 0.6) is 0 Å². The molecule has 1 N–H and O–H groups in total. The van der Waals surface area contributed by atoms with Gasteiger partial charge in [0.05, 0.1) is 12.1 Å². The first-order chi connectivity index (χ1) is 15.4. The quantitative estimate of drug-likeness (QED) is 0.709. The number of likely N-dealkylation sites (tertiary alicyclic amines) is 1. The molecule has 170 valence electrons. The summed E-state index contributed by atoms with van der Waals surface area (Å²) in [6.07, 6.45) is 3.51. The third-order valence-corrected chi connectivity index (χ3v) is 6.21. The van der Waals surface area contributed by atoms with Gasteiger partial charge >= 0.3 is 5.97 Å². The van der Waals surface area contributed by atoms with Crippen LogP contribution in [0.1, 0.15) is 6.42 Å². The van der Waals surface area contributed by atoms with Crippen molar-refractivity contribution < 1.29 is 23.8 Å². The predicted octanol–water partition coefficient (Wildman–Crippen LogP) is 1.11. The highest BCUT2D eigenvalue weighted by Gasteiger charge is 2.45. The lowest BCUT2D eigenvalue weighted by molar-refractivity contribution is -0.160. The summed E-state index contributed by atoms with van der Waals surface area (Å²) in [5.41, 5.74) is -0.137. The molecule has 0 bridgehead atoms. The smallest absolute Gasteiger partial charge is 0.337 e. The van der Waals surface area contributed by atoms with Crippen molar-refractivity contribution in [3.63, 3.8) is 0 Å². The van der Waals surface area contributed by atoms with Crippen molar-refractivity contribution >= 4 is 17.6 Å². The molecule has 0 radical (unpaired) electrons. The van der Waals surface area contributed by atoms with Gasteiger partial charge in [0.1, 0.15) is 5.82 Å². The van der Waals surface area contributed by atoms with E-state index >= 15 is 0 Å². The van der Waals surface area contributed by atoms with Crippen LogP contribution >= 0.6 is 0 Å². The minimum atomic E-state index is -1.24. The van der Waals surface area contributed by atoms with Crippen LogP contribution < -0.4 is 4.90 Å². The Kier molecular flexibility index (Phi) is 6.33. The molecule has 0 aliphatic carbocycles. The molecule has 1 amide bonds. The first-order valence-corrected chi connectivity index (χ1v) is 10.5. The number of hydrogen-bond acceptors (Lipinski definition) is 7. The first-order valence-electron chi connectivity index (χ1n) is 10.5. The average Bonchev–Trinajstić information content (AvgIpc) is 3.24. The number of benzene rings is 1. The molecule has 0 saturated carbocycles. The first kappa shape index (κ1) is 22.1. The summed E-state index contributed by atoms with van der Waals surface area (Å²) in [5.74, 6) is -1.08. The highest BCUT2D eigenvalue weighted by molar-refractivity contribution is 5.80. The fourth-order valence-corrected chi connectivity index (χ4v) is 4.25. The molecule has 2 aliphatic heterocycles. The van der Waals surface area contributed by atoms with Crippen LogP contribution in [0.2, 0.25) is 0 Å². The lowest BCUT2D eigenvalue weighted by atomic mass is 10.0. The summed E-state index contributed by atoms with van der Waals surface area (Å²) in [4.78, 5) is 38.0. The molecule has 3 heterocycles. The van der Waals surface area contributed by atoms with Crippen LogP contribution in [-0.4, -0.2) is 95.3 Å². The molecule has 10 heteroatoms. The molecule has 1 unspecified atom stereocenters. The number of anilines is 1. The van der Waals surface area contributed by atoms with Crippen molar-refractivity contribution in [2.24, 2.45) is 0 Å². The van der Waals surface area contributed by atoms with Crippen molar-refractivity contribution in [3.05, 3.63) is 42.5 Å². The largest absolute Gasteiger partial charge is 0.479 e. The molecular weight excluding hydrogens is 417 g/mol. The van der Waals surface area contributed by atoms with E-state index in [2.05, 4.69) is 9.97 Å². The van der Waals surface area contributed by atoms with Crippen molar-refractivity contribution in [3.8, 4) is 11.4 Å². The van der Waals surface area contributed by atoms with Crippen LogP contribution in [0.4, 0.5) is 10.1 Å². The molecule has 1 atom stereocenters. The van der Waals surface area contributed by atoms with Gasteiger partial charge in [-0.1, -0.05) is 0 Å². The second kappa shape index (κ2) is 9.17. The van der Waals surface area contributed by atoms with E-state index < -0.39 is 11.6 Å². The molecule has 9 nitrogen and oxygen atoms in total. The van der Waals surface area contributed by atoms with Crippen LogP contribution in [0.25, 0.3) is 11.4 Å². The minimum Gasteiger partial charge on any atom is -0.479 e. The molecule has 32 heavy (non-hydrogen) atoms. The van der Waals surface area contributed by atoms with Crippen LogP contribution in [0, 0.1) is 5.82 Å². The van der Waals surface area contributed by atoms with Crippen molar-refractivity contribution in [2.75, 3.05) is 57.8 Å². The molecule has 2 aliphatic rings. The average molecular weight is 443 g/mol. The summed E-state index contributed by atoms with van der Waals surface area (Å²) in [5, 5.41) is 9.42. The number of amides is 1. The van der Waals surface area contributed by atoms with Gasteiger partial charge in [0.2, 0.25) is 5.91 Å². The Morgan fingerprint density at radius 2 is 1.88 bits per heavy atom. The maximum Gasteiger partial charge on any atom is 0.337 e. The van der Waals surface area contributed by atoms with Gasteiger partial charge in [0, 0.05) is 70.9 Å². The highest BCUT2D eigenvalue weighted by Crippen LogP contribution is 2.26. The maximum atomic E-state index is 14.6. The Morgan fingerprint density at radius 3 is 2.47 bits per heavy atom. The van der Waals surface area contributed by atoms with Gasteiger partial charge in [-0.3, -0.25) is 9.69 Å². The lowest BCUT2D eigenvalue weighted by Gasteiger charge is -2.37. The predicted molar refractivity (Wildman–Crippen MR) is 115 cm³/mol. The van der Waals surface area contributed by atoms with Gasteiger partial charge < -0.3 is 19.6 Å². The normalized spacial score (nSPS) is 21.7. The van der Waals surface area contributed by atoms with E-state index in [1.807, 2.05) is 15.9 Å². The standard InChI is InChI=1S/C22H26FN5O4/c1-32-22(21(30)31)5-8-26(15-22)14-19(29)28-11-9-27(10-12-28)16-3-4-17(18(23)13-16)20-24-6-2-7-25-20/h2-4,6-7,13H,5,8-12,14-15H2,1H3,(H,30,31). The van der Waals surface area contributed by atoms with Crippen LogP contribution in [-0.2, 0) is 14.3 Å².